The molecule has 1 heterocycles. The fourth-order valence-corrected chi connectivity index (χ4v) is 1.70. The first-order valence-corrected chi connectivity index (χ1v) is 5.07. The zero-order chi connectivity index (χ0) is 11.0. The summed E-state index contributed by atoms with van der Waals surface area (Å²) in [4.78, 5) is 0. The molecule has 6 heteroatoms. The SMILES string of the molecule is Cc1ccc(-n2c(N)n[nH]c2=S)cc1Cl. The van der Waals surface area contributed by atoms with Gasteiger partial charge in [0.15, 0.2) is 0 Å². The maximum Gasteiger partial charge on any atom is 0.225 e. The molecule has 0 bridgehead atoms. The van der Waals surface area contributed by atoms with E-state index in [-0.39, 0.29) is 0 Å². The van der Waals surface area contributed by atoms with E-state index in [1.165, 1.54) is 0 Å². The molecule has 0 spiro atoms. The third kappa shape index (κ3) is 1.75. The van der Waals surface area contributed by atoms with Crippen LogP contribution in [0.25, 0.3) is 5.69 Å². The van der Waals surface area contributed by atoms with Crippen molar-refractivity contribution in [1.82, 2.24) is 14.8 Å². The van der Waals surface area contributed by atoms with E-state index in [2.05, 4.69) is 10.2 Å². The van der Waals surface area contributed by atoms with E-state index >= 15 is 0 Å². The Morgan fingerprint density at radius 3 is 2.80 bits per heavy atom. The predicted molar refractivity (Wildman–Crippen MR) is 62.9 cm³/mol. The Hall–Kier alpha value is -1.33. The van der Waals surface area contributed by atoms with E-state index in [1.54, 1.807) is 10.6 Å². The van der Waals surface area contributed by atoms with Crippen LogP contribution in [0.2, 0.25) is 5.02 Å². The topological polar surface area (TPSA) is 59.6 Å². The summed E-state index contributed by atoms with van der Waals surface area (Å²) in [5, 5.41) is 7.12. The number of nitrogens with zero attached hydrogens (tertiary/aromatic N) is 2. The van der Waals surface area contributed by atoms with Crippen molar-refractivity contribution in [1.29, 1.82) is 0 Å². The Kier molecular flexibility index (Phi) is 2.50. The van der Waals surface area contributed by atoms with Crippen LogP contribution in [-0.2, 0) is 0 Å². The molecule has 78 valence electrons. The molecule has 2 rings (SSSR count). The zero-order valence-electron chi connectivity index (χ0n) is 7.99. The number of halogens is 1. The molecule has 3 N–H and O–H groups in total. The Bertz CT molecular complexity index is 557. The van der Waals surface area contributed by atoms with E-state index < -0.39 is 0 Å². The number of hydrogen-bond acceptors (Lipinski definition) is 3. The normalized spacial score (nSPS) is 10.5. The van der Waals surface area contributed by atoms with Gasteiger partial charge in [-0.3, -0.25) is 4.57 Å². The fourth-order valence-electron chi connectivity index (χ4n) is 1.28. The monoisotopic (exact) mass is 240 g/mol. The summed E-state index contributed by atoms with van der Waals surface area (Å²) < 4.78 is 2.08. The van der Waals surface area contributed by atoms with Crippen molar-refractivity contribution in [3.05, 3.63) is 33.6 Å². The van der Waals surface area contributed by atoms with Crippen LogP contribution in [0.15, 0.2) is 18.2 Å². The molecule has 1 aromatic carbocycles. The molecule has 0 saturated heterocycles. The smallest absolute Gasteiger partial charge is 0.225 e. The van der Waals surface area contributed by atoms with Crippen LogP contribution in [-0.4, -0.2) is 14.8 Å². The number of nitrogen functional groups attached to an aromatic ring is 1. The molecule has 0 radical (unpaired) electrons. The highest BCUT2D eigenvalue weighted by Crippen LogP contribution is 2.20. The largest absolute Gasteiger partial charge is 0.368 e. The second-order valence-electron chi connectivity index (χ2n) is 3.16. The second kappa shape index (κ2) is 3.67. The van der Waals surface area contributed by atoms with Gasteiger partial charge in [0, 0.05) is 5.02 Å². The van der Waals surface area contributed by atoms with Crippen LogP contribution < -0.4 is 5.73 Å². The number of benzene rings is 1. The van der Waals surface area contributed by atoms with Crippen LogP contribution in [0.5, 0.6) is 0 Å². The highest BCUT2D eigenvalue weighted by atomic mass is 35.5. The third-order valence-electron chi connectivity index (χ3n) is 2.11. The number of aryl methyl sites for hydroxylation is 1. The molecule has 4 nitrogen and oxygen atoms in total. The van der Waals surface area contributed by atoms with Crippen LogP contribution >= 0.6 is 23.8 Å². The number of hydrogen-bond donors (Lipinski definition) is 2. The van der Waals surface area contributed by atoms with Crippen LogP contribution in [0.1, 0.15) is 5.56 Å². The van der Waals surface area contributed by atoms with E-state index in [9.17, 15) is 0 Å². The first-order chi connectivity index (χ1) is 7.09. The first kappa shape index (κ1) is 10.2. The molecule has 0 aliphatic carbocycles. The number of rotatable bonds is 1. The van der Waals surface area contributed by atoms with Crippen molar-refractivity contribution < 1.29 is 0 Å². The summed E-state index contributed by atoms with van der Waals surface area (Å²) in [5.41, 5.74) is 7.49. The van der Waals surface area contributed by atoms with Gasteiger partial charge < -0.3 is 5.73 Å². The number of anilines is 1. The van der Waals surface area contributed by atoms with E-state index in [4.69, 9.17) is 29.6 Å². The molecular weight excluding hydrogens is 232 g/mol. The minimum Gasteiger partial charge on any atom is -0.368 e. The summed E-state index contributed by atoms with van der Waals surface area (Å²) >= 11 is 11.1. The molecule has 0 saturated carbocycles. The lowest BCUT2D eigenvalue weighted by atomic mass is 10.2. The third-order valence-corrected chi connectivity index (χ3v) is 2.79. The molecule has 0 fully saturated rings. The Labute approximate surface area is 96.7 Å². The minimum absolute atomic E-state index is 0.319. The molecule has 2 aromatic rings. The Morgan fingerprint density at radius 1 is 1.53 bits per heavy atom. The summed E-state index contributed by atoms with van der Waals surface area (Å²) in [6, 6.07) is 5.60. The quantitative estimate of drug-likeness (QED) is 0.753. The lowest BCUT2D eigenvalue weighted by Crippen LogP contribution is -2.00. The van der Waals surface area contributed by atoms with Gasteiger partial charge in [0.2, 0.25) is 10.7 Å². The van der Waals surface area contributed by atoms with Crippen molar-refractivity contribution >= 4 is 29.8 Å². The number of nitrogens with two attached hydrogens (primary N) is 1. The predicted octanol–water partition coefficient (Wildman–Crippen LogP) is 2.47. The van der Waals surface area contributed by atoms with Crippen molar-refractivity contribution in [2.45, 2.75) is 6.92 Å². The molecule has 0 atom stereocenters. The van der Waals surface area contributed by atoms with Crippen molar-refractivity contribution in [3.8, 4) is 5.69 Å². The molecule has 0 unspecified atom stereocenters. The van der Waals surface area contributed by atoms with Crippen LogP contribution in [0.4, 0.5) is 5.95 Å². The van der Waals surface area contributed by atoms with Gasteiger partial charge in [-0.15, -0.1) is 5.10 Å². The molecule has 15 heavy (non-hydrogen) atoms. The number of aromatic nitrogens is 3. The Balaban J connectivity index is 2.65. The maximum absolute atomic E-state index is 6.02. The van der Waals surface area contributed by atoms with Gasteiger partial charge in [-0.2, -0.15) is 0 Å². The average molecular weight is 241 g/mol. The lowest BCUT2D eigenvalue weighted by Gasteiger charge is -2.05. The van der Waals surface area contributed by atoms with Gasteiger partial charge in [-0.1, -0.05) is 17.7 Å². The average Bonchev–Trinajstić information content (AvgIpc) is 2.52. The molecule has 0 amide bonds. The molecule has 0 aliphatic rings. The maximum atomic E-state index is 6.02. The van der Waals surface area contributed by atoms with Gasteiger partial charge in [-0.05, 0) is 36.8 Å². The summed E-state index contributed by atoms with van der Waals surface area (Å²) in [7, 11) is 0. The van der Waals surface area contributed by atoms with Gasteiger partial charge in [0.1, 0.15) is 0 Å². The summed E-state index contributed by atoms with van der Waals surface area (Å²) in [6.07, 6.45) is 0. The van der Waals surface area contributed by atoms with Gasteiger partial charge in [0.25, 0.3) is 0 Å². The Morgan fingerprint density at radius 2 is 2.27 bits per heavy atom. The number of nitrogens with one attached hydrogen (secondary N) is 1. The highest BCUT2D eigenvalue weighted by molar-refractivity contribution is 7.71. The van der Waals surface area contributed by atoms with Gasteiger partial charge in [-0.25, -0.2) is 5.10 Å². The van der Waals surface area contributed by atoms with E-state index in [0.29, 0.717) is 15.7 Å². The lowest BCUT2D eigenvalue weighted by molar-refractivity contribution is 1.04. The van der Waals surface area contributed by atoms with Crippen molar-refractivity contribution in [3.63, 3.8) is 0 Å². The standard InChI is InChI=1S/C9H9ClN4S/c1-5-2-3-6(4-7(5)10)14-8(11)12-13-9(14)15/h2-4H,1H3,(H2,11,12)(H,13,15). The second-order valence-corrected chi connectivity index (χ2v) is 3.95. The molecule has 0 aliphatic heterocycles. The molecule has 1 aromatic heterocycles. The van der Waals surface area contributed by atoms with Crippen molar-refractivity contribution in [2.75, 3.05) is 5.73 Å². The number of aromatic amines is 1. The van der Waals surface area contributed by atoms with E-state index in [1.807, 2.05) is 19.1 Å². The molecular formula is C9H9ClN4S. The summed E-state index contributed by atoms with van der Waals surface area (Å²) in [6.45, 7) is 1.93. The number of H-pyrrole nitrogens is 1. The van der Waals surface area contributed by atoms with Gasteiger partial charge in [0.05, 0.1) is 5.69 Å². The minimum atomic E-state index is 0.319. The zero-order valence-corrected chi connectivity index (χ0v) is 9.56. The van der Waals surface area contributed by atoms with Crippen LogP contribution in [0, 0.1) is 11.7 Å². The van der Waals surface area contributed by atoms with E-state index in [0.717, 1.165) is 11.3 Å². The first-order valence-electron chi connectivity index (χ1n) is 4.29. The van der Waals surface area contributed by atoms with Crippen LogP contribution in [0.3, 0.4) is 0 Å². The fraction of sp³-hybridized carbons (Fsp3) is 0.111. The van der Waals surface area contributed by atoms with Crippen molar-refractivity contribution in [2.24, 2.45) is 0 Å². The summed E-state index contributed by atoms with van der Waals surface area (Å²) in [5.74, 6) is 0.319. The highest BCUT2D eigenvalue weighted by Gasteiger charge is 2.05. The van der Waals surface area contributed by atoms with Gasteiger partial charge >= 0.3 is 0 Å².